The molecule has 0 saturated carbocycles. The molecule has 2 rings (SSSR count). The monoisotopic (exact) mass is 331 g/mol. The van der Waals surface area contributed by atoms with Crippen LogP contribution in [0.15, 0.2) is 22.0 Å². The quantitative estimate of drug-likeness (QED) is 0.473. The predicted octanol–water partition coefficient (Wildman–Crippen LogP) is 2.55. The van der Waals surface area contributed by atoms with Gasteiger partial charge >= 0.3 is 0 Å². The topological polar surface area (TPSA) is 29.0 Å². The van der Waals surface area contributed by atoms with Gasteiger partial charge < -0.3 is 0 Å². The van der Waals surface area contributed by atoms with Crippen molar-refractivity contribution in [2.24, 2.45) is 0 Å². The Morgan fingerprint density at radius 3 is 2.93 bits per heavy atom. The summed E-state index contributed by atoms with van der Waals surface area (Å²) in [5.74, 6) is 0. The lowest BCUT2D eigenvalue weighted by Crippen LogP contribution is -2.31. The zero-order valence-corrected chi connectivity index (χ0v) is 11.4. The minimum absolute atomic E-state index is 0.658. The molecule has 1 aliphatic rings. The van der Waals surface area contributed by atoms with Crippen LogP contribution in [-0.4, -0.2) is 28.0 Å². The SMILES string of the molecule is C=CCN1CCc2nc(Br)nc(Br)c2C1. The van der Waals surface area contributed by atoms with Gasteiger partial charge in [0.15, 0.2) is 4.73 Å². The van der Waals surface area contributed by atoms with Gasteiger partial charge in [0.05, 0.1) is 5.69 Å². The fraction of sp³-hybridized carbons (Fsp3) is 0.400. The van der Waals surface area contributed by atoms with Crippen LogP contribution in [-0.2, 0) is 13.0 Å². The van der Waals surface area contributed by atoms with Crippen LogP contribution >= 0.6 is 31.9 Å². The van der Waals surface area contributed by atoms with Gasteiger partial charge in [-0.15, -0.1) is 6.58 Å². The Morgan fingerprint density at radius 1 is 1.40 bits per heavy atom. The third-order valence-corrected chi connectivity index (χ3v) is 3.46. The molecule has 0 fully saturated rings. The number of halogens is 2. The van der Waals surface area contributed by atoms with Gasteiger partial charge in [-0.05, 0) is 31.9 Å². The van der Waals surface area contributed by atoms with Crippen LogP contribution in [0.2, 0.25) is 0 Å². The van der Waals surface area contributed by atoms with Gasteiger partial charge in [0.1, 0.15) is 4.60 Å². The molecule has 1 aromatic heterocycles. The molecule has 0 atom stereocenters. The van der Waals surface area contributed by atoms with Crippen LogP contribution in [0.4, 0.5) is 0 Å². The van der Waals surface area contributed by atoms with Crippen molar-refractivity contribution < 1.29 is 0 Å². The Hall–Kier alpha value is -0.260. The molecule has 0 amide bonds. The third kappa shape index (κ3) is 2.46. The molecule has 1 aromatic rings. The molecule has 0 spiro atoms. The number of rotatable bonds is 2. The lowest BCUT2D eigenvalue weighted by atomic mass is 10.1. The number of aromatic nitrogens is 2. The summed E-state index contributed by atoms with van der Waals surface area (Å²) < 4.78 is 1.55. The normalized spacial score (nSPS) is 16.1. The zero-order chi connectivity index (χ0) is 10.8. The summed E-state index contributed by atoms with van der Waals surface area (Å²) in [4.78, 5) is 11.0. The summed E-state index contributed by atoms with van der Waals surface area (Å²) in [6.07, 6.45) is 2.90. The Bertz CT molecular complexity index is 392. The molecule has 5 heteroatoms. The van der Waals surface area contributed by atoms with Crippen LogP contribution in [0.5, 0.6) is 0 Å². The molecule has 0 saturated heterocycles. The summed E-state index contributed by atoms with van der Waals surface area (Å²) in [6.45, 7) is 6.61. The summed E-state index contributed by atoms with van der Waals surface area (Å²) in [5.41, 5.74) is 2.34. The average Bonchev–Trinajstić information content (AvgIpc) is 2.19. The second-order valence-corrected chi connectivity index (χ2v) is 4.94. The summed E-state index contributed by atoms with van der Waals surface area (Å²) in [5, 5.41) is 0. The lowest BCUT2D eigenvalue weighted by Gasteiger charge is -2.27. The number of hydrogen-bond donors (Lipinski definition) is 0. The van der Waals surface area contributed by atoms with E-state index in [1.165, 1.54) is 5.56 Å². The van der Waals surface area contributed by atoms with Crippen LogP contribution in [0.3, 0.4) is 0 Å². The van der Waals surface area contributed by atoms with E-state index >= 15 is 0 Å². The molecule has 3 nitrogen and oxygen atoms in total. The van der Waals surface area contributed by atoms with Crippen LogP contribution < -0.4 is 0 Å². The molecule has 0 bridgehead atoms. The van der Waals surface area contributed by atoms with E-state index in [1.54, 1.807) is 0 Å². The van der Waals surface area contributed by atoms with E-state index in [2.05, 4.69) is 53.3 Å². The standard InChI is InChI=1S/C10H11Br2N3/c1-2-4-15-5-3-8-7(6-15)9(11)14-10(12)13-8/h2H,1,3-6H2. The highest BCUT2D eigenvalue weighted by Crippen LogP contribution is 2.25. The molecule has 0 radical (unpaired) electrons. The van der Waals surface area contributed by atoms with Gasteiger partial charge in [0.25, 0.3) is 0 Å². The number of fused-ring (bicyclic) bond motifs is 1. The van der Waals surface area contributed by atoms with E-state index in [4.69, 9.17) is 0 Å². The predicted molar refractivity (Wildman–Crippen MR) is 66.6 cm³/mol. The van der Waals surface area contributed by atoms with E-state index in [0.717, 1.165) is 36.4 Å². The zero-order valence-electron chi connectivity index (χ0n) is 8.21. The molecule has 1 aliphatic heterocycles. The minimum Gasteiger partial charge on any atom is -0.295 e. The fourth-order valence-corrected chi connectivity index (χ4v) is 2.89. The van der Waals surface area contributed by atoms with Crippen molar-refractivity contribution in [2.45, 2.75) is 13.0 Å². The molecule has 2 heterocycles. The van der Waals surface area contributed by atoms with Gasteiger partial charge in [0.2, 0.25) is 0 Å². The number of nitrogens with zero attached hydrogens (tertiary/aromatic N) is 3. The highest BCUT2D eigenvalue weighted by molar-refractivity contribution is 9.11. The Labute approximate surface area is 106 Å². The molecule has 0 aromatic carbocycles. The first kappa shape index (κ1) is 11.2. The highest BCUT2D eigenvalue weighted by Gasteiger charge is 2.20. The maximum atomic E-state index is 4.39. The van der Waals surface area contributed by atoms with Gasteiger partial charge in [-0.1, -0.05) is 6.08 Å². The van der Waals surface area contributed by atoms with Gasteiger partial charge in [-0.2, -0.15) is 0 Å². The van der Waals surface area contributed by atoms with E-state index < -0.39 is 0 Å². The number of hydrogen-bond acceptors (Lipinski definition) is 3. The van der Waals surface area contributed by atoms with Crippen molar-refractivity contribution in [3.8, 4) is 0 Å². The molecular weight excluding hydrogens is 322 g/mol. The first-order valence-corrected chi connectivity index (χ1v) is 6.33. The van der Waals surface area contributed by atoms with E-state index in [-0.39, 0.29) is 0 Å². The summed E-state index contributed by atoms with van der Waals surface area (Å²) >= 11 is 6.78. The van der Waals surface area contributed by atoms with Gasteiger partial charge in [-0.25, -0.2) is 9.97 Å². The van der Waals surface area contributed by atoms with Crippen molar-refractivity contribution in [2.75, 3.05) is 13.1 Å². The maximum absolute atomic E-state index is 4.39. The molecule has 0 aliphatic carbocycles. The Morgan fingerprint density at radius 2 is 2.20 bits per heavy atom. The molecule has 15 heavy (non-hydrogen) atoms. The average molecular weight is 333 g/mol. The minimum atomic E-state index is 0.658. The summed E-state index contributed by atoms with van der Waals surface area (Å²) in [6, 6.07) is 0. The van der Waals surface area contributed by atoms with Crippen LogP contribution in [0.1, 0.15) is 11.3 Å². The van der Waals surface area contributed by atoms with E-state index in [0.29, 0.717) is 4.73 Å². The van der Waals surface area contributed by atoms with Crippen molar-refractivity contribution in [3.05, 3.63) is 33.2 Å². The van der Waals surface area contributed by atoms with Crippen molar-refractivity contribution in [3.63, 3.8) is 0 Å². The largest absolute Gasteiger partial charge is 0.295 e. The molecular formula is C10H11Br2N3. The van der Waals surface area contributed by atoms with Crippen molar-refractivity contribution in [1.82, 2.24) is 14.9 Å². The highest BCUT2D eigenvalue weighted by atomic mass is 79.9. The van der Waals surface area contributed by atoms with E-state index in [1.807, 2.05) is 6.08 Å². The van der Waals surface area contributed by atoms with Crippen LogP contribution in [0.25, 0.3) is 0 Å². The Kier molecular flexibility index (Phi) is 3.53. The molecule has 80 valence electrons. The molecule has 0 N–H and O–H groups in total. The maximum Gasteiger partial charge on any atom is 0.197 e. The fourth-order valence-electron chi connectivity index (χ4n) is 1.74. The first-order valence-electron chi connectivity index (χ1n) is 4.74. The van der Waals surface area contributed by atoms with Gasteiger partial charge in [-0.3, -0.25) is 4.90 Å². The summed E-state index contributed by atoms with van der Waals surface area (Å²) in [7, 11) is 0. The van der Waals surface area contributed by atoms with Crippen molar-refractivity contribution in [1.29, 1.82) is 0 Å². The van der Waals surface area contributed by atoms with E-state index in [9.17, 15) is 0 Å². The third-order valence-electron chi connectivity index (χ3n) is 2.45. The smallest absolute Gasteiger partial charge is 0.197 e. The second kappa shape index (κ2) is 4.72. The molecule has 0 unspecified atom stereocenters. The van der Waals surface area contributed by atoms with Crippen LogP contribution in [0, 0.1) is 0 Å². The Balaban J connectivity index is 2.29. The van der Waals surface area contributed by atoms with Gasteiger partial charge in [0, 0.05) is 31.6 Å². The van der Waals surface area contributed by atoms with Crippen molar-refractivity contribution >= 4 is 31.9 Å². The first-order chi connectivity index (χ1) is 7.20. The lowest BCUT2D eigenvalue weighted by molar-refractivity contribution is 0.277. The second-order valence-electron chi connectivity index (χ2n) is 3.48.